The summed E-state index contributed by atoms with van der Waals surface area (Å²) in [5.74, 6) is -1.73. The maximum atomic E-state index is 12.5. The Bertz CT molecular complexity index is 3550. The average molecular weight is 1090 g/mol. The largest absolute Gasteiger partial charge is 1.00 e. The van der Waals surface area contributed by atoms with Crippen molar-refractivity contribution >= 4 is 135 Å². The molecule has 25 nitrogen and oxygen atoms in total. The average Bonchev–Trinajstić information content (AvgIpc) is 3.10. The van der Waals surface area contributed by atoms with E-state index in [-0.39, 0.29) is 170 Å². The molecular formula is C29H14Cl2N9Na5O16S5. The summed E-state index contributed by atoms with van der Waals surface area (Å²) in [6.45, 7) is 0. The van der Waals surface area contributed by atoms with Gasteiger partial charge in [0, 0.05) is 16.5 Å². The molecule has 5 aromatic carbocycles. The summed E-state index contributed by atoms with van der Waals surface area (Å²) in [7, 11) is -27.8. The Balaban J connectivity index is 0.00000436. The van der Waals surface area contributed by atoms with Crippen LogP contribution in [0, 0.1) is 0 Å². The predicted molar refractivity (Wildman–Crippen MR) is 202 cm³/mol. The number of nitrogens with two attached hydrogens (primary N) is 1. The molecule has 0 atom stereocenters. The number of azo groups is 2. The number of nitrogen functional groups attached to an aromatic ring is 1. The Morgan fingerprint density at radius 2 is 1.05 bits per heavy atom. The van der Waals surface area contributed by atoms with Crippen LogP contribution in [0.4, 0.5) is 40.1 Å². The number of phenolic OH excluding ortho intramolecular Hbond substituents is 1. The number of anilines is 3. The van der Waals surface area contributed by atoms with E-state index in [0.29, 0.717) is 24.3 Å². The zero-order chi connectivity index (χ0) is 45.2. The second-order valence-corrected chi connectivity index (χ2v) is 19.1. The van der Waals surface area contributed by atoms with Gasteiger partial charge in [0.2, 0.25) is 16.5 Å². The summed E-state index contributed by atoms with van der Waals surface area (Å²) in [4.78, 5) is 4.80. The molecule has 0 spiro atoms. The summed E-state index contributed by atoms with van der Waals surface area (Å²) < 4.78 is 184. The third kappa shape index (κ3) is 14.3. The van der Waals surface area contributed by atoms with Gasteiger partial charge in [0.1, 0.15) is 73.3 Å². The number of halogens is 2. The van der Waals surface area contributed by atoms with Gasteiger partial charge < -0.3 is 38.9 Å². The molecule has 0 radical (unpaired) electrons. The summed E-state index contributed by atoms with van der Waals surface area (Å²) >= 11 is 11.5. The van der Waals surface area contributed by atoms with E-state index in [1.54, 1.807) is 0 Å². The Labute approximate surface area is 493 Å². The molecule has 6 aromatic rings. The van der Waals surface area contributed by atoms with Crippen LogP contribution in [0.15, 0.2) is 106 Å². The molecule has 6 rings (SSSR count). The van der Waals surface area contributed by atoms with Crippen LogP contribution in [-0.2, 0) is 50.6 Å². The summed E-state index contributed by atoms with van der Waals surface area (Å²) in [5.41, 5.74) is 0.640. The van der Waals surface area contributed by atoms with Crippen LogP contribution in [0.3, 0.4) is 0 Å². The van der Waals surface area contributed by atoms with Crippen LogP contribution in [0.25, 0.3) is 21.5 Å². The van der Waals surface area contributed by atoms with Crippen molar-refractivity contribution in [3.8, 4) is 5.75 Å². The standard InChI is InChI=1S/C29H19Cl2N9O16S5.5Na/c30-27-34-28(31)36-29(35-27)33-12-4-7-18(58(45,46)47)16(10-12)38-40-24-20(60(51,52)53)9-11-8-19(59(48,49)50)23(22(32)21(11)25(24)41)39-37-15-6-5-13-14(26(15)61(54,55)56)2-1-3-17(13)57(42,43)44;;;;;/h1-10,41H,32H2,(H,42,43,44)(H,45,46,47)(H,48,49,50)(H,51,52,53)(H,54,55,56)(H,33,34,35,36);;;;;/q;5*+1/p-5. The van der Waals surface area contributed by atoms with Gasteiger partial charge in [0.15, 0.2) is 5.75 Å². The number of phenols is 1. The molecule has 0 bridgehead atoms. The maximum absolute atomic E-state index is 12.5. The molecule has 4 N–H and O–H groups in total. The third-order valence-corrected chi connectivity index (χ3v) is 12.6. The number of nitrogens with zero attached hydrogens (tertiary/aromatic N) is 7. The van der Waals surface area contributed by atoms with Crippen molar-refractivity contribution in [2.75, 3.05) is 11.1 Å². The first-order valence-electron chi connectivity index (χ1n) is 15.3. The van der Waals surface area contributed by atoms with Crippen molar-refractivity contribution in [3.05, 3.63) is 71.2 Å². The van der Waals surface area contributed by atoms with Crippen molar-refractivity contribution in [3.63, 3.8) is 0 Å². The molecule has 320 valence electrons. The van der Waals surface area contributed by atoms with E-state index in [9.17, 15) is 70.0 Å². The van der Waals surface area contributed by atoms with Gasteiger partial charge in [0.25, 0.3) is 0 Å². The number of aromatic hydroxyl groups is 1. The number of fused-ring (bicyclic) bond motifs is 2. The van der Waals surface area contributed by atoms with Crippen LogP contribution in [0.1, 0.15) is 0 Å². The number of nitrogens with one attached hydrogen (secondary N) is 1. The van der Waals surface area contributed by atoms with Crippen LogP contribution < -0.4 is 159 Å². The SMILES string of the molecule is Nc1c(N=Nc2ccc3c(S(=O)(=O)[O-])cccc3c2S(=O)(=O)[O-])c(S(=O)(=O)[O-])cc2cc(S(=O)(=O)[O-])c(N=Nc3cc(Nc4nc(Cl)nc(Cl)n4)ccc3S(=O)(=O)[O-])c(O)c12.[Na+].[Na+].[Na+].[Na+].[Na+]. The van der Waals surface area contributed by atoms with Gasteiger partial charge in [-0.3, -0.25) is 0 Å². The molecule has 0 amide bonds. The molecule has 66 heavy (non-hydrogen) atoms. The van der Waals surface area contributed by atoms with Crippen LogP contribution >= 0.6 is 23.2 Å². The molecule has 37 heteroatoms. The fraction of sp³-hybridized carbons (Fsp3) is 0. The van der Waals surface area contributed by atoms with Gasteiger partial charge in [-0.05, 0) is 71.1 Å². The predicted octanol–water partition coefficient (Wildman–Crippen LogP) is -11.1. The van der Waals surface area contributed by atoms with Crippen LogP contribution in [-0.4, -0.2) is 84.9 Å². The van der Waals surface area contributed by atoms with Crippen molar-refractivity contribution in [1.29, 1.82) is 0 Å². The van der Waals surface area contributed by atoms with Crippen LogP contribution in [0.5, 0.6) is 5.75 Å². The molecular weight excluding hydrogens is 1080 g/mol. The number of hydrogen-bond donors (Lipinski definition) is 3. The molecule has 1 aromatic heterocycles. The van der Waals surface area contributed by atoms with Gasteiger partial charge in [-0.15, -0.1) is 20.5 Å². The molecule has 0 aliphatic rings. The minimum atomic E-state index is -5.77. The molecule has 0 saturated heterocycles. The zero-order valence-electron chi connectivity index (χ0n) is 33.8. The van der Waals surface area contributed by atoms with E-state index >= 15 is 0 Å². The molecule has 0 unspecified atom stereocenters. The molecule has 1 heterocycles. The van der Waals surface area contributed by atoms with Gasteiger partial charge in [-0.1, -0.05) is 18.2 Å². The second-order valence-electron chi connectivity index (χ2n) is 11.7. The third-order valence-electron chi connectivity index (χ3n) is 7.90. The molecule has 0 aliphatic heterocycles. The van der Waals surface area contributed by atoms with E-state index in [1.807, 2.05) is 0 Å². The first-order chi connectivity index (χ1) is 28.1. The van der Waals surface area contributed by atoms with E-state index in [1.165, 1.54) is 0 Å². The number of aromatic nitrogens is 3. The van der Waals surface area contributed by atoms with Crippen LogP contribution in [0.2, 0.25) is 10.6 Å². The Kier molecular flexibility index (Phi) is 22.8. The minimum absolute atomic E-state index is 0. The van der Waals surface area contributed by atoms with Gasteiger partial charge >= 0.3 is 148 Å². The molecule has 0 aliphatic carbocycles. The number of hydrogen-bond acceptors (Lipinski definition) is 25. The summed E-state index contributed by atoms with van der Waals surface area (Å²) in [5, 5.41) is 24.5. The maximum Gasteiger partial charge on any atom is 1.00 e. The van der Waals surface area contributed by atoms with Crippen molar-refractivity contribution in [2.24, 2.45) is 20.5 Å². The van der Waals surface area contributed by atoms with E-state index in [4.69, 9.17) is 28.9 Å². The first-order valence-corrected chi connectivity index (χ1v) is 23.1. The van der Waals surface area contributed by atoms with Gasteiger partial charge in [0.05, 0.1) is 35.6 Å². The van der Waals surface area contributed by atoms with Gasteiger partial charge in [-0.2, -0.15) is 15.0 Å². The Hall–Kier alpha value is -0.640. The fourth-order valence-electron chi connectivity index (χ4n) is 5.54. The normalized spacial score (nSPS) is 12.2. The van der Waals surface area contributed by atoms with Gasteiger partial charge in [-0.25, -0.2) is 42.1 Å². The quantitative estimate of drug-likeness (QED) is 0.0469. The smallest absolute Gasteiger partial charge is 0.744 e. The van der Waals surface area contributed by atoms with E-state index in [0.717, 1.165) is 36.4 Å². The van der Waals surface area contributed by atoms with Crippen molar-refractivity contribution < 1.29 is 218 Å². The van der Waals surface area contributed by atoms with Crippen molar-refractivity contribution in [1.82, 2.24) is 15.0 Å². The number of rotatable bonds is 11. The minimum Gasteiger partial charge on any atom is -0.744 e. The van der Waals surface area contributed by atoms with Crippen molar-refractivity contribution in [2.45, 2.75) is 24.5 Å². The summed E-state index contributed by atoms with van der Waals surface area (Å²) in [6, 6.07) is 7.46. The second kappa shape index (κ2) is 23.7. The van der Waals surface area contributed by atoms with E-state index < -0.39 is 131 Å². The first kappa shape index (κ1) is 63.4. The zero-order valence-corrected chi connectivity index (χ0v) is 49.4. The Morgan fingerprint density at radius 3 is 1.56 bits per heavy atom. The van der Waals surface area contributed by atoms with E-state index in [2.05, 4.69) is 40.7 Å². The fourth-order valence-corrected chi connectivity index (χ4v) is 9.31. The topological polar surface area (TPSA) is 432 Å². The monoisotopic (exact) mass is 1090 g/mol. The Morgan fingerprint density at radius 1 is 0.545 bits per heavy atom. The number of benzene rings is 5. The molecule has 0 fully saturated rings. The summed E-state index contributed by atoms with van der Waals surface area (Å²) in [6.07, 6.45) is 0. The molecule has 0 saturated carbocycles.